The predicted octanol–water partition coefficient (Wildman–Crippen LogP) is 3.32. The van der Waals surface area contributed by atoms with Crippen molar-refractivity contribution in [3.8, 4) is 5.75 Å². The number of nitrogens with zero attached hydrogens (tertiary/aromatic N) is 1. The van der Waals surface area contributed by atoms with Gasteiger partial charge in [0, 0.05) is 32.0 Å². The van der Waals surface area contributed by atoms with E-state index in [1.165, 1.54) is 0 Å². The summed E-state index contributed by atoms with van der Waals surface area (Å²) >= 11 is 0. The fraction of sp³-hybridized carbons (Fsp3) is 0.619. The average molecular weight is 374 g/mol. The Bertz CT molecular complexity index is 702. The van der Waals surface area contributed by atoms with Crippen molar-refractivity contribution in [1.29, 1.82) is 0 Å². The van der Waals surface area contributed by atoms with Gasteiger partial charge in [-0.25, -0.2) is 4.79 Å². The van der Waals surface area contributed by atoms with Gasteiger partial charge in [0.05, 0.1) is 7.11 Å². The molecule has 148 valence electrons. The molecule has 0 aromatic heterocycles. The molecule has 2 aliphatic heterocycles. The van der Waals surface area contributed by atoms with E-state index in [4.69, 9.17) is 9.47 Å². The molecule has 2 amide bonds. The molecule has 6 heteroatoms. The van der Waals surface area contributed by atoms with Crippen LogP contribution in [0.2, 0.25) is 0 Å². The molecule has 0 saturated carbocycles. The zero-order valence-electron chi connectivity index (χ0n) is 16.7. The molecule has 2 aliphatic rings. The van der Waals surface area contributed by atoms with Crippen LogP contribution in [0.25, 0.3) is 0 Å². The van der Waals surface area contributed by atoms with Crippen molar-refractivity contribution < 1.29 is 19.1 Å². The number of benzene rings is 1. The van der Waals surface area contributed by atoms with Crippen molar-refractivity contribution in [3.63, 3.8) is 0 Å². The molecule has 1 N–H and O–H groups in total. The van der Waals surface area contributed by atoms with Crippen LogP contribution in [-0.2, 0) is 9.53 Å². The molecule has 1 aromatic rings. The third-order valence-corrected chi connectivity index (χ3v) is 5.68. The molecule has 2 saturated heterocycles. The number of hydrogen-bond acceptors (Lipinski definition) is 4. The average Bonchev–Trinajstić information content (AvgIpc) is 2.61. The SMILES string of the molecule is COc1ccccc1C1CNC(=O)CC12CCN(C(=O)OC(C)(C)C)CC2. The number of methoxy groups -OCH3 is 1. The first-order valence-corrected chi connectivity index (χ1v) is 9.62. The third kappa shape index (κ3) is 4.20. The van der Waals surface area contributed by atoms with Gasteiger partial charge in [-0.1, -0.05) is 18.2 Å². The molecule has 1 spiro atoms. The lowest BCUT2D eigenvalue weighted by atomic mass is 9.62. The van der Waals surface area contributed by atoms with Gasteiger partial charge in [-0.05, 0) is 50.7 Å². The zero-order chi connectivity index (χ0) is 19.7. The highest BCUT2D eigenvalue weighted by atomic mass is 16.6. The maximum absolute atomic E-state index is 12.4. The first-order chi connectivity index (χ1) is 12.7. The van der Waals surface area contributed by atoms with Crippen molar-refractivity contribution in [2.45, 2.75) is 51.6 Å². The van der Waals surface area contributed by atoms with E-state index in [2.05, 4.69) is 11.4 Å². The van der Waals surface area contributed by atoms with Gasteiger partial charge in [-0.2, -0.15) is 0 Å². The van der Waals surface area contributed by atoms with Gasteiger partial charge in [0.1, 0.15) is 11.4 Å². The normalized spacial score (nSPS) is 22.3. The second-order valence-corrected chi connectivity index (χ2v) is 8.61. The second kappa shape index (κ2) is 7.41. The summed E-state index contributed by atoms with van der Waals surface area (Å²) in [6.45, 7) is 7.44. The van der Waals surface area contributed by atoms with Gasteiger partial charge in [-0.3, -0.25) is 4.79 Å². The van der Waals surface area contributed by atoms with E-state index in [1.807, 2.05) is 39.0 Å². The highest BCUT2D eigenvalue weighted by Crippen LogP contribution is 2.50. The molecule has 0 bridgehead atoms. The maximum Gasteiger partial charge on any atom is 0.410 e. The smallest absolute Gasteiger partial charge is 0.410 e. The number of hydrogen-bond donors (Lipinski definition) is 1. The Kier molecular flexibility index (Phi) is 5.36. The number of piperidine rings is 2. The number of rotatable bonds is 2. The summed E-state index contributed by atoms with van der Waals surface area (Å²) in [5.74, 6) is 1.12. The Hall–Kier alpha value is -2.24. The summed E-state index contributed by atoms with van der Waals surface area (Å²) < 4.78 is 11.1. The van der Waals surface area contributed by atoms with Crippen LogP contribution < -0.4 is 10.1 Å². The van der Waals surface area contributed by atoms with Crippen molar-refractivity contribution in [2.75, 3.05) is 26.7 Å². The van der Waals surface area contributed by atoms with Gasteiger partial charge < -0.3 is 19.7 Å². The lowest BCUT2D eigenvalue weighted by molar-refractivity contribution is -0.128. The van der Waals surface area contributed by atoms with Crippen LogP contribution in [0.1, 0.15) is 51.5 Å². The third-order valence-electron chi connectivity index (χ3n) is 5.68. The quantitative estimate of drug-likeness (QED) is 0.862. The molecule has 27 heavy (non-hydrogen) atoms. The van der Waals surface area contributed by atoms with Gasteiger partial charge >= 0.3 is 6.09 Å². The fourth-order valence-corrected chi connectivity index (χ4v) is 4.32. The lowest BCUT2D eigenvalue weighted by Gasteiger charge is -2.49. The molecule has 3 rings (SSSR count). The minimum absolute atomic E-state index is 0.0897. The molecule has 1 atom stereocenters. The Labute approximate surface area is 161 Å². The maximum atomic E-state index is 12.4. The van der Waals surface area contributed by atoms with Crippen LogP contribution in [0, 0.1) is 5.41 Å². The van der Waals surface area contributed by atoms with Gasteiger partial charge in [0.25, 0.3) is 0 Å². The molecule has 6 nitrogen and oxygen atoms in total. The van der Waals surface area contributed by atoms with E-state index >= 15 is 0 Å². The van der Waals surface area contributed by atoms with E-state index in [-0.39, 0.29) is 23.3 Å². The van der Waals surface area contributed by atoms with Crippen LogP contribution in [0.15, 0.2) is 24.3 Å². The van der Waals surface area contributed by atoms with Crippen LogP contribution in [-0.4, -0.2) is 49.2 Å². The van der Waals surface area contributed by atoms with Crippen molar-refractivity contribution >= 4 is 12.0 Å². The first-order valence-electron chi connectivity index (χ1n) is 9.62. The largest absolute Gasteiger partial charge is 0.496 e. The molecule has 2 fully saturated rings. The molecule has 0 radical (unpaired) electrons. The summed E-state index contributed by atoms with van der Waals surface area (Å²) in [6, 6.07) is 8.03. The van der Waals surface area contributed by atoms with Crippen LogP contribution in [0.4, 0.5) is 4.79 Å². The summed E-state index contributed by atoms with van der Waals surface area (Å²) in [7, 11) is 1.68. The number of carbonyl (C=O) groups excluding carboxylic acids is 2. The lowest BCUT2D eigenvalue weighted by Crippen LogP contribution is -2.53. The fourth-order valence-electron chi connectivity index (χ4n) is 4.32. The minimum Gasteiger partial charge on any atom is -0.496 e. The Morgan fingerprint density at radius 2 is 1.89 bits per heavy atom. The minimum atomic E-state index is -0.503. The molecule has 1 aromatic carbocycles. The number of carbonyl (C=O) groups is 2. The molecular formula is C21H30N2O4. The number of para-hydroxylation sites is 1. The van der Waals surface area contributed by atoms with E-state index < -0.39 is 5.60 Å². The first kappa shape index (κ1) is 19.5. The van der Waals surface area contributed by atoms with Crippen LogP contribution in [0.3, 0.4) is 0 Å². The summed E-state index contributed by atoms with van der Waals surface area (Å²) in [6.07, 6.45) is 1.77. The molecule has 1 unspecified atom stereocenters. The highest BCUT2D eigenvalue weighted by Gasteiger charge is 2.47. The van der Waals surface area contributed by atoms with E-state index in [0.717, 1.165) is 24.2 Å². The number of nitrogens with one attached hydrogen (secondary N) is 1. The van der Waals surface area contributed by atoms with E-state index in [9.17, 15) is 9.59 Å². The molecular weight excluding hydrogens is 344 g/mol. The standard InChI is InChI=1S/C21H30N2O4/c1-20(2,3)27-19(25)23-11-9-21(10-12-23)13-18(24)22-14-16(21)15-7-5-6-8-17(15)26-4/h5-8,16H,9-14H2,1-4H3,(H,22,24). The van der Waals surface area contributed by atoms with Crippen molar-refractivity contribution in [3.05, 3.63) is 29.8 Å². The zero-order valence-corrected chi connectivity index (χ0v) is 16.7. The van der Waals surface area contributed by atoms with Crippen molar-refractivity contribution in [2.24, 2.45) is 5.41 Å². The second-order valence-electron chi connectivity index (χ2n) is 8.61. The van der Waals surface area contributed by atoms with Gasteiger partial charge in [0.15, 0.2) is 0 Å². The Morgan fingerprint density at radius 1 is 1.22 bits per heavy atom. The summed E-state index contributed by atoms with van der Waals surface area (Å²) in [4.78, 5) is 26.4. The number of likely N-dealkylation sites (tertiary alicyclic amines) is 1. The van der Waals surface area contributed by atoms with Crippen LogP contribution >= 0.6 is 0 Å². The predicted molar refractivity (Wildman–Crippen MR) is 103 cm³/mol. The van der Waals surface area contributed by atoms with Crippen molar-refractivity contribution in [1.82, 2.24) is 10.2 Å². The summed E-state index contributed by atoms with van der Waals surface area (Å²) in [5, 5.41) is 3.02. The summed E-state index contributed by atoms with van der Waals surface area (Å²) in [5.41, 5.74) is 0.470. The highest BCUT2D eigenvalue weighted by molar-refractivity contribution is 5.78. The topological polar surface area (TPSA) is 67.9 Å². The Balaban J connectivity index is 1.80. The van der Waals surface area contributed by atoms with E-state index in [1.54, 1.807) is 12.0 Å². The van der Waals surface area contributed by atoms with Crippen LogP contribution in [0.5, 0.6) is 5.75 Å². The van der Waals surface area contributed by atoms with Gasteiger partial charge in [-0.15, -0.1) is 0 Å². The number of amides is 2. The molecule has 0 aliphatic carbocycles. The van der Waals surface area contributed by atoms with E-state index in [0.29, 0.717) is 26.1 Å². The Morgan fingerprint density at radius 3 is 2.52 bits per heavy atom. The van der Waals surface area contributed by atoms with Gasteiger partial charge in [0.2, 0.25) is 5.91 Å². The number of ether oxygens (including phenoxy) is 2. The molecule has 2 heterocycles. The monoisotopic (exact) mass is 374 g/mol.